The average molecular weight is 529 g/mol. The maximum absolute atomic E-state index is 13.1. The molecule has 10 nitrogen and oxygen atoms in total. The fourth-order valence-corrected chi connectivity index (χ4v) is 5.98. The normalized spacial score (nSPS) is 17.6. The van der Waals surface area contributed by atoms with Crippen molar-refractivity contribution in [1.29, 1.82) is 0 Å². The molecule has 1 N–H and O–H groups in total. The van der Waals surface area contributed by atoms with Gasteiger partial charge < -0.3 is 9.80 Å². The summed E-state index contributed by atoms with van der Waals surface area (Å²) in [5, 5.41) is 4.60. The molecule has 38 heavy (non-hydrogen) atoms. The number of anilines is 1. The molecule has 212 valence electrons. The fourth-order valence-electron chi connectivity index (χ4n) is 5.98. The second-order valence-electron chi connectivity index (χ2n) is 11.0. The van der Waals surface area contributed by atoms with E-state index in [1.807, 2.05) is 11.9 Å². The van der Waals surface area contributed by atoms with Crippen molar-refractivity contribution in [2.75, 3.05) is 70.3 Å². The van der Waals surface area contributed by atoms with Crippen molar-refractivity contribution in [3.05, 3.63) is 16.0 Å². The summed E-state index contributed by atoms with van der Waals surface area (Å²) in [6.07, 6.45) is 8.15. The molecule has 2 aromatic heterocycles. The van der Waals surface area contributed by atoms with Gasteiger partial charge in [0.2, 0.25) is 11.9 Å². The predicted octanol–water partition coefficient (Wildman–Crippen LogP) is 2.48. The van der Waals surface area contributed by atoms with Crippen LogP contribution in [0.15, 0.2) is 4.79 Å². The lowest BCUT2D eigenvalue weighted by Crippen LogP contribution is -2.52. The van der Waals surface area contributed by atoms with Gasteiger partial charge in [0, 0.05) is 52.9 Å². The van der Waals surface area contributed by atoms with Gasteiger partial charge in [-0.25, -0.2) is 4.98 Å². The van der Waals surface area contributed by atoms with Gasteiger partial charge in [0.1, 0.15) is 5.52 Å². The molecule has 0 unspecified atom stereocenters. The molecular weight excluding hydrogens is 480 g/mol. The van der Waals surface area contributed by atoms with Crippen LogP contribution in [0.4, 0.5) is 5.95 Å². The second-order valence-corrected chi connectivity index (χ2v) is 11.0. The van der Waals surface area contributed by atoms with Crippen LogP contribution in [0.3, 0.4) is 0 Å². The number of hydrogen-bond acceptors (Lipinski definition) is 7. The van der Waals surface area contributed by atoms with Gasteiger partial charge >= 0.3 is 0 Å². The Balaban J connectivity index is 1.45. The van der Waals surface area contributed by atoms with Crippen molar-refractivity contribution in [3.8, 4) is 0 Å². The van der Waals surface area contributed by atoms with Crippen LogP contribution in [0.5, 0.6) is 0 Å². The van der Waals surface area contributed by atoms with Crippen molar-refractivity contribution in [3.63, 3.8) is 0 Å². The lowest BCUT2D eigenvalue weighted by Gasteiger charge is -2.37. The Hall–Kier alpha value is -2.46. The third-order valence-electron chi connectivity index (χ3n) is 8.40. The molecule has 1 saturated heterocycles. The number of likely N-dealkylation sites (N-methyl/N-ethyl adjacent to an activating group) is 1. The molecule has 2 aliphatic rings. The molecule has 4 rings (SSSR count). The van der Waals surface area contributed by atoms with Crippen molar-refractivity contribution in [2.24, 2.45) is 13.0 Å². The van der Waals surface area contributed by atoms with E-state index in [0.29, 0.717) is 23.9 Å². The van der Waals surface area contributed by atoms with Gasteiger partial charge in [-0.2, -0.15) is 5.10 Å². The largest absolute Gasteiger partial charge is 0.341 e. The van der Waals surface area contributed by atoms with Gasteiger partial charge in [-0.05, 0) is 38.3 Å². The van der Waals surface area contributed by atoms with E-state index in [2.05, 4.69) is 45.6 Å². The number of aryl methyl sites for hydroxylation is 2. The molecule has 3 heterocycles. The summed E-state index contributed by atoms with van der Waals surface area (Å²) in [5.41, 5.74) is 2.08. The molecule has 10 heteroatoms. The van der Waals surface area contributed by atoms with Crippen LogP contribution in [0.2, 0.25) is 0 Å². The Morgan fingerprint density at radius 3 is 2.42 bits per heavy atom. The number of carbonyl (C=O) groups excluding carboxylic acids is 1. The summed E-state index contributed by atoms with van der Waals surface area (Å²) in [4.78, 5) is 42.9. The molecule has 2 aromatic rings. The lowest BCUT2D eigenvalue weighted by atomic mass is 9.89. The van der Waals surface area contributed by atoms with Gasteiger partial charge in [-0.3, -0.25) is 29.1 Å². The average Bonchev–Trinajstić information content (AvgIpc) is 3.25. The Morgan fingerprint density at radius 2 is 1.76 bits per heavy atom. The maximum Gasteiger partial charge on any atom is 0.278 e. The predicted molar refractivity (Wildman–Crippen MR) is 153 cm³/mol. The van der Waals surface area contributed by atoms with Gasteiger partial charge in [0.05, 0.1) is 12.2 Å². The molecule has 0 aromatic carbocycles. The number of nitrogens with one attached hydrogen (secondary N) is 1. The zero-order chi connectivity index (χ0) is 27.1. The monoisotopic (exact) mass is 528 g/mol. The van der Waals surface area contributed by atoms with Gasteiger partial charge in [0.25, 0.3) is 5.56 Å². The number of carbonyl (C=O) groups is 1. The quantitative estimate of drug-likeness (QED) is 0.452. The van der Waals surface area contributed by atoms with Crippen molar-refractivity contribution < 1.29 is 4.79 Å². The van der Waals surface area contributed by atoms with E-state index in [4.69, 9.17) is 4.98 Å². The van der Waals surface area contributed by atoms with E-state index < -0.39 is 0 Å². The highest BCUT2D eigenvalue weighted by atomic mass is 16.2. The molecule has 1 aliphatic carbocycles. The number of fused-ring (bicyclic) bond motifs is 1. The Kier molecular flexibility index (Phi) is 10.2. The smallest absolute Gasteiger partial charge is 0.278 e. The molecule has 0 bridgehead atoms. The summed E-state index contributed by atoms with van der Waals surface area (Å²) in [6, 6.07) is 0. The third-order valence-corrected chi connectivity index (χ3v) is 8.40. The van der Waals surface area contributed by atoms with Crippen LogP contribution < -0.4 is 10.5 Å². The van der Waals surface area contributed by atoms with Gasteiger partial charge in [0.15, 0.2) is 5.52 Å². The van der Waals surface area contributed by atoms with E-state index in [-0.39, 0.29) is 11.5 Å². The van der Waals surface area contributed by atoms with E-state index in [9.17, 15) is 9.59 Å². The second kappa shape index (κ2) is 13.6. The lowest BCUT2D eigenvalue weighted by molar-refractivity contribution is -0.134. The molecule has 0 atom stereocenters. The van der Waals surface area contributed by atoms with Crippen molar-refractivity contribution in [2.45, 2.75) is 65.7 Å². The fraction of sp³-hybridized carbons (Fsp3) is 0.786. The number of nitrogens with zero attached hydrogens (tertiary/aromatic N) is 7. The standard InChI is InChI=1S/C28H48N8O2/c1-5-11-23-25-26(32(4)31-23)27(38)30-28(29-25)36(20-22-12-9-8-10-13-22)19-16-34-14-17-35(18-15-34)24(37)21-33(6-2)7-3/h22H,5-21H2,1-4H3,(H,29,30,38). The highest BCUT2D eigenvalue weighted by Gasteiger charge is 2.25. The van der Waals surface area contributed by atoms with E-state index in [0.717, 1.165) is 83.0 Å². The van der Waals surface area contributed by atoms with Crippen LogP contribution in [0.1, 0.15) is 65.0 Å². The number of H-pyrrole nitrogens is 1. The van der Waals surface area contributed by atoms with Crippen LogP contribution in [-0.2, 0) is 18.3 Å². The molecule has 1 saturated carbocycles. The van der Waals surface area contributed by atoms with Crippen LogP contribution >= 0.6 is 0 Å². The number of rotatable bonds is 12. The van der Waals surface area contributed by atoms with Gasteiger partial charge in [-0.15, -0.1) is 0 Å². The van der Waals surface area contributed by atoms with E-state index >= 15 is 0 Å². The number of hydrogen-bond donors (Lipinski definition) is 1. The van der Waals surface area contributed by atoms with Crippen LogP contribution in [-0.4, -0.2) is 106 Å². The van der Waals surface area contributed by atoms with E-state index in [1.54, 1.807) is 4.68 Å². The molecule has 1 amide bonds. The zero-order valence-electron chi connectivity index (χ0n) is 24.0. The highest BCUT2D eigenvalue weighted by Crippen LogP contribution is 2.26. The molecule has 0 radical (unpaired) electrons. The minimum atomic E-state index is -0.115. The Bertz CT molecular complexity index is 1090. The summed E-state index contributed by atoms with van der Waals surface area (Å²) < 4.78 is 1.67. The first kappa shape index (κ1) is 28.5. The van der Waals surface area contributed by atoms with Gasteiger partial charge in [-0.1, -0.05) is 46.5 Å². The third kappa shape index (κ3) is 6.94. The number of piperazine rings is 1. The summed E-state index contributed by atoms with van der Waals surface area (Å²) >= 11 is 0. The SMILES string of the molecule is CCCc1nn(C)c2c(=O)[nH]c(N(CCN3CCN(C(=O)CN(CC)CC)CC3)CC3CCCCC3)nc12. The highest BCUT2D eigenvalue weighted by molar-refractivity contribution is 5.78. The van der Waals surface area contributed by atoms with E-state index in [1.165, 1.54) is 32.1 Å². The van der Waals surface area contributed by atoms with Crippen molar-refractivity contribution >= 4 is 22.9 Å². The summed E-state index contributed by atoms with van der Waals surface area (Å²) in [6.45, 7) is 14.6. The summed E-state index contributed by atoms with van der Waals surface area (Å²) in [7, 11) is 1.82. The molecule has 2 fully saturated rings. The molecule has 1 aliphatic heterocycles. The minimum Gasteiger partial charge on any atom is -0.341 e. The maximum atomic E-state index is 13.1. The Morgan fingerprint density at radius 1 is 1.05 bits per heavy atom. The number of aromatic nitrogens is 4. The topological polar surface area (TPSA) is 93.6 Å². The van der Waals surface area contributed by atoms with Crippen LogP contribution in [0.25, 0.3) is 11.0 Å². The first-order chi connectivity index (χ1) is 18.4. The Labute approximate surface area is 227 Å². The van der Waals surface area contributed by atoms with Crippen molar-refractivity contribution in [1.82, 2.24) is 34.4 Å². The summed E-state index contributed by atoms with van der Waals surface area (Å²) in [5.74, 6) is 1.54. The minimum absolute atomic E-state index is 0.115. The number of aromatic amines is 1. The molecule has 0 spiro atoms. The number of amides is 1. The first-order valence-corrected chi connectivity index (χ1v) is 14.9. The first-order valence-electron chi connectivity index (χ1n) is 14.9. The zero-order valence-corrected chi connectivity index (χ0v) is 24.0. The van der Waals surface area contributed by atoms with Crippen LogP contribution in [0, 0.1) is 5.92 Å². The molecular formula is C28H48N8O2.